The Morgan fingerprint density at radius 1 is 1.12 bits per heavy atom. The third-order valence-electron chi connectivity index (χ3n) is 4.06. The van der Waals surface area contributed by atoms with Crippen LogP contribution in [0.5, 0.6) is 0 Å². The van der Waals surface area contributed by atoms with Crippen LogP contribution in [0.25, 0.3) is 0 Å². The number of quaternary nitrogens is 1. The molecule has 0 spiro atoms. The Kier molecular flexibility index (Phi) is 7.20. The molecule has 0 bridgehead atoms. The zero-order valence-electron chi connectivity index (χ0n) is 11.6. The third-order valence-corrected chi connectivity index (χ3v) is 4.06. The van der Waals surface area contributed by atoms with Crippen molar-refractivity contribution in [2.45, 2.75) is 58.9 Å². The van der Waals surface area contributed by atoms with Gasteiger partial charge in [0.2, 0.25) is 0 Å². The third kappa shape index (κ3) is 3.72. The molecule has 0 aromatic rings. The molecule has 0 aliphatic carbocycles. The summed E-state index contributed by atoms with van der Waals surface area (Å²) in [5.74, 6) is 0. The van der Waals surface area contributed by atoms with E-state index < -0.39 is 0 Å². The van der Waals surface area contributed by atoms with Crippen LogP contribution < -0.4 is 0 Å². The molecule has 1 aliphatic heterocycles. The maximum atomic E-state index is 2.70. The Morgan fingerprint density at radius 3 is 2.12 bits per heavy atom. The largest absolute Gasteiger partial charge is 0.870 e. The van der Waals surface area contributed by atoms with Gasteiger partial charge in [-0.1, -0.05) is 19.8 Å². The van der Waals surface area contributed by atoms with Crippen molar-refractivity contribution in [3.05, 3.63) is 0 Å². The van der Waals surface area contributed by atoms with Gasteiger partial charge in [0.05, 0.1) is 13.6 Å². The van der Waals surface area contributed by atoms with Crippen molar-refractivity contribution in [3.8, 4) is 0 Å². The standard InChI is InChI=1S/C13H29N2.H2O/c1-5-6-12-15(4,13(2)3)14-10-8-7-9-11-14;/h13H,5-12H2,1-4H3;1H2/q+1;/p-1/t15-;/m1./s1. The van der Waals surface area contributed by atoms with Crippen molar-refractivity contribution in [1.82, 2.24) is 5.01 Å². The van der Waals surface area contributed by atoms with Crippen LogP contribution in [0, 0.1) is 0 Å². The normalized spacial score (nSPS) is 21.6. The number of hydrogen-bond acceptors (Lipinski definition) is 2. The van der Waals surface area contributed by atoms with Crippen molar-refractivity contribution in [1.29, 1.82) is 0 Å². The Balaban J connectivity index is 0.00000225. The SMILES string of the molecule is CCCC[N@+](C)(C(C)C)N1CCCCC1.[OH-]. The Bertz CT molecular complexity index is 179. The van der Waals surface area contributed by atoms with E-state index in [0.717, 1.165) is 10.6 Å². The monoisotopic (exact) mass is 230 g/mol. The molecule has 0 aromatic carbocycles. The summed E-state index contributed by atoms with van der Waals surface area (Å²) < 4.78 is 1.16. The van der Waals surface area contributed by atoms with Crippen molar-refractivity contribution < 1.29 is 10.1 Å². The summed E-state index contributed by atoms with van der Waals surface area (Å²) in [4.78, 5) is 0. The van der Waals surface area contributed by atoms with Crippen LogP contribution in [0.15, 0.2) is 0 Å². The molecule has 1 aliphatic rings. The molecule has 1 rings (SSSR count). The second-order valence-corrected chi connectivity index (χ2v) is 5.40. The average molecular weight is 230 g/mol. The molecule has 0 radical (unpaired) electrons. The molecule has 0 unspecified atom stereocenters. The van der Waals surface area contributed by atoms with E-state index in [2.05, 4.69) is 32.8 Å². The number of rotatable bonds is 5. The van der Waals surface area contributed by atoms with Crippen LogP contribution in [-0.4, -0.2) is 47.8 Å². The molecule has 1 heterocycles. The molecule has 1 saturated heterocycles. The highest BCUT2D eigenvalue weighted by molar-refractivity contribution is 4.59. The highest BCUT2D eigenvalue weighted by Gasteiger charge is 2.34. The minimum Gasteiger partial charge on any atom is -0.870 e. The zero-order chi connectivity index (χ0) is 11.3. The van der Waals surface area contributed by atoms with Gasteiger partial charge in [0.1, 0.15) is 6.04 Å². The lowest BCUT2D eigenvalue weighted by atomic mass is 10.1. The summed E-state index contributed by atoms with van der Waals surface area (Å²) in [6.45, 7) is 10.9. The van der Waals surface area contributed by atoms with E-state index in [4.69, 9.17) is 0 Å². The van der Waals surface area contributed by atoms with Gasteiger partial charge in [-0.25, -0.2) is 4.59 Å². The smallest absolute Gasteiger partial charge is 0.101 e. The van der Waals surface area contributed by atoms with Crippen LogP contribution in [-0.2, 0) is 0 Å². The molecule has 1 N–H and O–H groups in total. The van der Waals surface area contributed by atoms with Crippen molar-refractivity contribution in [2.24, 2.45) is 0 Å². The van der Waals surface area contributed by atoms with Gasteiger partial charge in [-0.2, -0.15) is 5.01 Å². The Labute approximate surface area is 101 Å². The maximum Gasteiger partial charge on any atom is 0.101 e. The summed E-state index contributed by atoms with van der Waals surface area (Å²) in [5.41, 5.74) is 0. The predicted octanol–water partition coefficient (Wildman–Crippen LogP) is 2.87. The zero-order valence-corrected chi connectivity index (χ0v) is 11.6. The van der Waals surface area contributed by atoms with E-state index >= 15 is 0 Å². The molecule has 16 heavy (non-hydrogen) atoms. The van der Waals surface area contributed by atoms with Crippen LogP contribution in [0.1, 0.15) is 52.9 Å². The van der Waals surface area contributed by atoms with Crippen molar-refractivity contribution in [3.63, 3.8) is 0 Å². The van der Waals surface area contributed by atoms with Crippen LogP contribution >= 0.6 is 0 Å². The van der Waals surface area contributed by atoms with Gasteiger partial charge in [0, 0.05) is 13.1 Å². The molecule has 0 saturated carbocycles. The lowest BCUT2D eigenvalue weighted by Gasteiger charge is -2.47. The first kappa shape index (κ1) is 15.9. The van der Waals surface area contributed by atoms with Gasteiger partial charge in [0.15, 0.2) is 0 Å². The van der Waals surface area contributed by atoms with Crippen molar-refractivity contribution >= 4 is 0 Å². The molecular weight excluding hydrogens is 200 g/mol. The highest BCUT2D eigenvalue weighted by Crippen LogP contribution is 2.21. The molecule has 0 amide bonds. The molecule has 98 valence electrons. The topological polar surface area (TPSA) is 33.2 Å². The molecule has 3 nitrogen and oxygen atoms in total. The molecular formula is C13H30N2O. The Morgan fingerprint density at radius 2 is 1.69 bits per heavy atom. The van der Waals surface area contributed by atoms with Gasteiger partial charge in [0.25, 0.3) is 0 Å². The quantitative estimate of drug-likeness (QED) is 0.680. The van der Waals surface area contributed by atoms with E-state index in [1.165, 1.54) is 51.7 Å². The van der Waals surface area contributed by atoms with Crippen molar-refractivity contribution in [2.75, 3.05) is 26.7 Å². The number of unbranched alkanes of at least 4 members (excludes halogenated alkanes) is 1. The van der Waals surface area contributed by atoms with E-state index in [9.17, 15) is 0 Å². The molecule has 1 atom stereocenters. The molecule has 0 aromatic heterocycles. The van der Waals surface area contributed by atoms with E-state index in [1.54, 1.807) is 0 Å². The van der Waals surface area contributed by atoms with Crippen LogP contribution in [0.4, 0.5) is 0 Å². The van der Waals surface area contributed by atoms with Gasteiger partial charge in [-0.05, 0) is 33.1 Å². The number of piperidine rings is 1. The summed E-state index contributed by atoms with van der Waals surface area (Å²) in [7, 11) is 2.42. The lowest BCUT2D eigenvalue weighted by molar-refractivity contribution is -1.04. The fraction of sp³-hybridized carbons (Fsp3) is 1.00. The first-order valence-corrected chi connectivity index (χ1v) is 6.72. The van der Waals surface area contributed by atoms with Gasteiger partial charge >= 0.3 is 0 Å². The lowest BCUT2D eigenvalue weighted by Crippen LogP contribution is -2.62. The van der Waals surface area contributed by atoms with E-state index in [1.807, 2.05) is 0 Å². The summed E-state index contributed by atoms with van der Waals surface area (Å²) in [6, 6.07) is 0.717. The van der Waals surface area contributed by atoms with Crippen LogP contribution in [0.2, 0.25) is 0 Å². The fourth-order valence-electron chi connectivity index (χ4n) is 2.54. The number of nitrogens with zero attached hydrogens (tertiary/aromatic N) is 2. The minimum absolute atomic E-state index is 0. The molecule has 1 fully saturated rings. The maximum absolute atomic E-state index is 2.70. The fourth-order valence-corrected chi connectivity index (χ4v) is 2.54. The van der Waals surface area contributed by atoms with Gasteiger partial charge < -0.3 is 5.48 Å². The predicted molar refractivity (Wildman–Crippen MR) is 68.5 cm³/mol. The first-order valence-electron chi connectivity index (χ1n) is 6.72. The first-order chi connectivity index (χ1) is 7.11. The minimum atomic E-state index is 0. The average Bonchev–Trinajstić information content (AvgIpc) is 2.27. The molecule has 3 heteroatoms. The second-order valence-electron chi connectivity index (χ2n) is 5.40. The van der Waals surface area contributed by atoms with Crippen LogP contribution in [0.3, 0.4) is 0 Å². The van der Waals surface area contributed by atoms with E-state index in [-0.39, 0.29) is 5.48 Å². The highest BCUT2D eigenvalue weighted by atomic mass is 16.0. The summed E-state index contributed by atoms with van der Waals surface area (Å²) in [6.07, 6.45) is 6.89. The Hall–Kier alpha value is -0.120. The second kappa shape index (κ2) is 7.25. The summed E-state index contributed by atoms with van der Waals surface area (Å²) >= 11 is 0. The van der Waals surface area contributed by atoms with E-state index in [0.29, 0.717) is 0 Å². The van der Waals surface area contributed by atoms with Gasteiger partial charge in [-0.15, -0.1) is 0 Å². The van der Waals surface area contributed by atoms with Gasteiger partial charge in [-0.3, -0.25) is 0 Å². The summed E-state index contributed by atoms with van der Waals surface area (Å²) in [5, 5.41) is 2.70. The number of hydrogen-bond donors (Lipinski definition) is 0.